The minimum Gasteiger partial charge on any atom is -0.497 e. The molecule has 10 nitrogen and oxygen atoms in total. The molecule has 4 aromatic rings. The van der Waals surface area contributed by atoms with Gasteiger partial charge < -0.3 is 14.8 Å². The number of carbonyl (C=O) groups excluding carboxylic acids is 2. The van der Waals surface area contributed by atoms with Crippen molar-refractivity contribution in [3.63, 3.8) is 0 Å². The van der Waals surface area contributed by atoms with Crippen molar-refractivity contribution in [2.75, 3.05) is 25.6 Å². The molecule has 5 rings (SSSR count). The third kappa shape index (κ3) is 7.24. The molecule has 0 saturated carbocycles. The Morgan fingerprint density at radius 3 is 2.48 bits per heavy atom. The van der Waals surface area contributed by atoms with Crippen LogP contribution >= 0.6 is 11.8 Å². The van der Waals surface area contributed by atoms with Gasteiger partial charge in [-0.05, 0) is 67.6 Å². The molecule has 11 heteroatoms. The van der Waals surface area contributed by atoms with Crippen molar-refractivity contribution >= 4 is 40.6 Å². The summed E-state index contributed by atoms with van der Waals surface area (Å²) in [6, 6.07) is 24.5. The van der Waals surface area contributed by atoms with Crippen LogP contribution in [0.3, 0.4) is 0 Å². The highest BCUT2D eigenvalue weighted by Crippen LogP contribution is 2.30. The monoisotopic (exact) mass is 608 g/mol. The van der Waals surface area contributed by atoms with Gasteiger partial charge >= 0.3 is 0 Å². The van der Waals surface area contributed by atoms with Gasteiger partial charge in [0.05, 0.1) is 25.6 Å². The second-order valence-electron chi connectivity index (χ2n) is 9.62. The zero-order valence-electron chi connectivity index (χ0n) is 24.4. The average Bonchev–Trinajstić information content (AvgIpc) is 3.60. The zero-order chi connectivity index (χ0) is 30.9. The van der Waals surface area contributed by atoms with Crippen molar-refractivity contribution in [1.29, 1.82) is 0 Å². The Kier molecular flexibility index (Phi) is 9.88. The number of aromatic nitrogens is 2. The zero-order valence-corrected chi connectivity index (χ0v) is 25.2. The molecule has 224 valence electrons. The van der Waals surface area contributed by atoms with E-state index in [9.17, 15) is 9.59 Å². The summed E-state index contributed by atoms with van der Waals surface area (Å²) in [5.41, 5.74) is 3.85. The predicted octanol–water partition coefficient (Wildman–Crippen LogP) is 5.80. The van der Waals surface area contributed by atoms with Crippen molar-refractivity contribution < 1.29 is 19.1 Å². The number of hydrogen-bond acceptors (Lipinski definition) is 8. The number of nitrogens with zero attached hydrogens (tertiary/aromatic N) is 5. The standard InChI is InChI=1S/C33H32N6O4S/c1-4-19-38-32(41)29(20-30(40)35-25-13-17-28(18-14-25)43-5-2)44-33(38)36-34-21-24-22-39(26-9-7-6-8-10-26)37-31(24)23-11-15-27(42-3)16-12-23/h4,6-18,21-22,29H,1,5,19-20H2,2-3H3,(H,35,40)/b34-21+,36-33-. The fourth-order valence-corrected chi connectivity index (χ4v) is 5.61. The van der Waals surface area contributed by atoms with Gasteiger partial charge in [-0.15, -0.1) is 11.7 Å². The molecule has 1 aliphatic heterocycles. The maximum absolute atomic E-state index is 13.2. The summed E-state index contributed by atoms with van der Waals surface area (Å²) < 4.78 is 12.5. The number of para-hydroxylation sites is 1. The lowest BCUT2D eigenvalue weighted by atomic mass is 10.1. The Morgan fingerprint density at radius 1 is 1.07 bits per heavy atom. The second-order valence-corrected chi connectivity index (χ2v) is 10.8. The first-order valence-corrected chi connectivity index (χ1v) is 14.9. The van der Waals surface area contributed by atoms with E-state index in [0.29, 0.717) is 23.2 Å². The lowest BCUT2D eigenvalue weighted by Crippen LogP contribution is -2.33. The molecule has 44 heavy (non-hydrogen) atoms. The minimum absolute atomic E-state index is 0.0153. The van der Waals surface area contributed by atoms with Gasteiger partial charge in [0, 0.05) is 36.0 Å². The maximum Gasteiger partial charge on any atom is 0.243 e. The summed E-state index contributed by atoms with van der Waals surface area (Å²) in [4.78, 5) is 27.5. The Labute approximate surface area is 260 Å². The smallest absolute Gasteiger partial charge is 0.243 e. The van der Waals surface area contributed by atoms with Crippen LogP contribution in [0, 0.1) is 0 Å². The summed E-state index contributed by atoms with van der Waals surface area (Å²) in [7, 11) is 1.62. The third-order valence-corrected chi connectivity index (χ3v) is 7.78. The van der Waals surface area contributed by atoms with Crippen LogP contribution in [-0.4, -0.2) is 63.4 Å². The molecule has 2 heterocycles. The Hall–Kier alpha value is -5.16. The molecular weight excluding hydrogens is 576 g/mol. The van der Waals surface area contributed by atoms with Crippen LogP contribution in [0.5, 0.6) is 11.5 Å². The normalized spacial score (nSPS) is 15.6. The summed E-state index contributed by atoms with van der Waals surface area (Å²) in [6.45, 7) is 6.48. The van der Waals surface area contributed by atoms with Gasteiger partial charge in [-0.2, -0.15) is 10.2 Å². The SMILES string of the molecule is C=CCN1C(=O)C(CC(=O)Nc2ccc(OCC)cc2)S/C1=N\N=C\c1cn(-c2ccccc2)nc1-c1ccc(OC)cc1. The number of amidine groups is 1. The number of thioether (sulfide) groups is 1. The van der Waals surface area contributed by atoms with E-state index in [2.05, 4.69) is 22.1 Å². The Morgan fingerprint density at radius 2 is 1.80 bits per heavy atom. The summed E-state index contributed by atoms with van der Waals surface area (Å²) in [5, 5.41) is 16.1. The van der Waals surface area contributed by atoms with Crippen LogP contribution in [-0.2, 0) is 9.59 Å². The van der Waals surface area contributed by atoms with Gasteiger partial charge in [-0.3, -0.25) is 14.5 Å². The van der Waals surface area contributed by atoms with Crippen molar-refractivity contribution in [3.8, 4) is 28.4 Å². The number of hydrogen-bond donors (Lipinski definition) is 1. The molecule has 1 saturated heterocycles. The molecule has 1 aliphatic rings. The largest absolute Gasteiger partial charge is 0.497 e. The quantitative estimate of drug-likeness (QED) is 0.124. The number of amides is 2. The molecule has 0 aliphatic carbocycles. The van der Waals surface area contributed by atoms with E-state index in [1.807, 2.05) is 67.7 Å². The Bertz CT molecular complexity index is 1670. The van der Waals surface area contributed by atoms with Gasteiger partial charge in [0.15, 0.2) is 5.17 Å². The highest BCUT2D eigenvalue weighted by molar-refractivity contribution is 8.15. The van der Waals surface area contributed by atoms with Crippen LogP contribution in [0.4, 0.5) is 5.69 Å². The molecule has 1 aromatic heterocycles. The second kappa shape index (κ2) is 14.3. The predicted molar refractivity (Wildman–Crippen MR) is 175 cm³/mol. The van der Waals surface area contributed by atoms with Crippen LogP contribution in [0.25, 0.3) is 16.9 Å². The van der Waals surface area contributed by atoms with Crippen molar-refractivity contribution in [3.05, 3.63) is 103 Å². The van der Waals surface area contributed by atoms with Crippen LogP contribution in [0.1, 0.15) is 18.9 Å². The number of anilines is 1. The first-order chi connectivity index (χ1) is 21.5. The topological polar surface area (TPSA) is 110 Å². The summed E-state index contributed by atoms with van der Waals surface area (Å²) in [6.07, 6.45) is 5.09. The van der Waals surface area contributed by atoms with Crippen LogP contribution < -0.4 is 14.8 Å². The minimum atomic E-state index is -0.637. The van der Waals surface area contributed by atoms with Gasteiger partial charge in [0.2, 0.25) is 11.8 Å². The molecule has 0 spiro atoms. The van der Waals surface area contributed by atoms with E-state index in [1.165, 1.54) is 16.7 Å². The highest BCUT2D eigenvalue weighted by atomic mass is 32.2. The van der Waals surface area contributed by atoms with Crippen molar-refractivity contribution in [1.82, 2.24) is 14.7 Å². The molecular formula is C33H32N6O4S. The average molecular weight is 609 g/mol. The third-order valence-electron chi connectivity index (χ3n) is 6.62. The fraction of sp³-hybridized carbons (Fsp3) is 0.182. The summed E-state index contributed by atoms with van der Waals surface area (Å²) in [5.74, 6) is 0.963. The lowest BCUT2D eigenvalue weighted by molar-refractivity contribution is -0.127. The number of benzene rings is 3. The van der Waals surface area contributed by atoms with Gasteiger partial charge in [0.1, 0.15) is 22.4 Å². The first-order valence-electron chi connectivity index (χ1n) is 14.0. The van der Waals surface area contributed by atoms with Gasteiger partial charge in [-0.1, -0.05) is 36.0 Å². The van der Waals surface area contributed by atoms with E-state index in [0.717, 1.165) is 28.3 Å². The molecule has 1 unspecified atom stereocenters. The van der Waals surface area contributed by atoms with E-state index < -0.39 is 5.25 Å². The number of methoxy groups -OCH3 is 1. The van der Waals surface area contributed by atoms with E-state index in [-0.39, 0.29) is 24.8 Å². The van der Waals surface area contributed by atoms with E-state index in [1.54, 1.807) is 48.3 Å². The van der Waals surface area contributed by atoms with E-state index >= 15 is 0 Å². The molecule has 3 aromatic carbocycles. The van der Waals surface area contributed by atoms with Crippen LogP contribution in [0.15, 0.2) is 108 Å². The van der Waals surface area contributed by atoms with E-state index in [4.69, 9.17) is 14.6 Å². The molecule has 1 atom stereocenters. The number of nitrogens with one attached hydrogen (secondary N) is 1. The molecule has 2 amide bonds. The highest BCUT2D eigenvalue weighted by Gasteiger charge is 2.38. The molecule has 1 N–H and O–H groups in total. The molecule has 1 fully saturated rings. The summed E-state index contributed by atoms with van der Waals surface area (Å²) >= 11 is 1.21. The Balaban J connectivity index is 1.34. The lowest BCUT2D eigenvalue weighted by Gasteiger charge is -2.13. The maximum atomic E-state index is 13.2. The first kappa shape index (κ1) is 30.3. The molecule has 0 bridgehead atoms. The number of carbonyl (C=O) groups is 2. The van der Waals surface area contributed by atoms with Gasteiger partial charge in [0.25, 0.3) is 0 Å². The number of rotatable bonds is 12. The van der Waals surface area contributed by atoms with Crippen LogP contribution in [0.2, 0.25) is 0 Å². The van der Waals surface area contributed by atoms with Crippen molar-refractivity contribution in [2.24, 2.45) is 10.2 Å². The number of ether oxygens (including phenoxy) is 2. The van der Waals surface area contributed by atoms with Gasteiger partial charge in [-0.25, -0.2) is 4.68 Å². The van der Waals surface area contributed by atoms with Crippen molar-refractivity contribution in [2.45, 2.75) is 18.6 Å². The fourth-order valence-electron chi connectivity index (χ4n) is 4.50. The molecule has 0 radical (unpaired) electrons.